The van der Waals surface area contributed by atoms with Crippen LogP contribution in [0.3, 0.4) is 0 Å². The normalized spacial score (nSPS) is 20.1. The zero-order valence-corrected chi connectivity index (χ0v) is 9.23. The van der Waals surface area contributed by atoms with Crippen molar-refractivity contribution in [3.63, 3.8) is 0 Å². The summed E-state index contributed by atoms with van der Waals surface area (Å²) in [5.74, 6) is -0.774. The molecule has 1 N–H and O–H groups in total. The molecule has 5 heteroatoms. The van der Waals surface area contributed by atoms with E-state index < -0.39 is 11.8 Å². The lowest BCUT2D eigenvalue weighted by Gasteiger charge is -2.36. The van der Waals surface area contributed by atoms with Gasteiger partial charge in [0.05, 0.1) is 0 Å². The van der Waals surface area contributed by atoms with E-state index in [1.54, 1.807) is 12.1 Å². The van der Waals surface area contributed by atoms with Crippen molar-refractivity contribution in [1.82, 2.24) is 5.32 Å². The molecule has 0 bridgehead atoms. The second-order valence-electron chi connectivity index (χ2n) is 3.91. The molecule has 1 saturated heterocycles. The molecule has 17 heavy (non-hydrogen) atoms. The minimum absolute atomic E-state index is 0.317. The summed E-state index contributed by atoms with van der Waals surface area (Å²) < 4.78 is 12.8. The maximum absolute atomic E-state index is 12.8. The number of ketones is 1. The van der Waals surface area contributed by atoms with Gasteiger partial charge in [-0.15, -0.1) is 0 Å². The Morgan fingerprint density at radius 1 is 1.41 bits per heavy atom. The van der Waals surface area contributed by atoms with E-state index >= 15 is 0 Å². The molecule has 1 aliphatic heterocycles. The molecule has 1 aliphatic rings. The van der Waals surface area contributed by atoms with E-state index in [1.807, 2.05) is 4.90 Å². The van der Waals surface area contributed by atoms with Crippen LogP contribution in [0.25, 0.3) is 0 Å². The number of anilines is 1. The Hall–Kier alpha value is -1.75. The summed E-state index contributed by atoms with van der Waals surface area (Å²) in [5.41, 5.74) is 0.758. The molecular weight excluding hydrogens is 223 g/mol. The lowest BCUT2D eigenvalue weighted by atomic mass is 10.1. The van der Waals surface area contributed by atoms with Crippen molar-refractivity contribution in [3.05, 3.63) is 30.1 Å². The molecule has 90 valence electrons. The number of hydrogen-bond donors (Lipinski definition) is 1. The van der Waals surface area contributed by atoms with E-state index in [0.717, 1.165) is 12.2 Å². The average Bonchev–Trinajstić information content (AvgIpc) is 2.39. The van der Waals surface area contributed by atoms with E-state index in [2.05, 4.69) is 5.32 Å². The third-order valence-electron chi connectivity index (χ3n) is 2.85. The summed E-state index contributed by atoms with van der Waals surface area (Å²) in [6.07, 6.45) is 0.341. The minimum atomic E-state index is -0.494. The highest BCUT2D eigenvalue weighted by Crippen LogP contribution is 2.18. The Kier molecular flexibility index (Phi) is 3.49. The predicted molar refractivity (Wildman–Crippen MR) is 61.5 cm³/mol. The number of carbonyl (C=O) groups is 2. The van der Waals surface area contributed by atoms with Crippen molar-refractivity contribution in [1.29, 1.82) is 0 Å². The van der Waals surface area contributed by atoms with Crippen LogP contribution in [0.2, 0.25) is 0 Å². The van der Waals surface area contributed by atoms with Crippen molar-refractivity contribution in [2.24, 2.45) is 0 Å². The van der Waals surface area contributed by atoms with Gasteiger partial charge in [0.15, 0.2) is 6.29 Å². The van der Waals surface area contributed by atoms with Gasteiger partial charge < -0.3 is 10.2 Å². The number of aldehydes is 1. The Bertz CT molecular complexity index is 419. The fourth-order valence-electron chi connectivity index (χ4n) is 1.98. The second-order valence-corrected chi connectivity index (χ2v) is 3.91. The van der Waals surface area contributed by atoms with E-state index in [9.17, 15) is 14.0 Å². The minimum Gasteiger partial charge on any atom is -0.358 e. The lowest BCUT2D eigenvalue weighted by molar-refractivity contribution is -0.130. The molecule has 0 aromatic heterocycles. The summed E-state index contributed by atoms with van der Waals surface area (Å²) >= 11 is 0. The number of hydrogen-bond acceptors (Lipinski definition) is 4. The highest BCUT2D eigenvalue weighted by Gasteiger charge is 2.28. The first kappa shape index (κ1) is 11.7. The van der Waals surface area contributed by atoms with E-state index in [4.69, 9.17) is 0 Å². The third-order valence-corrected chi connectivity index (χ3v) is 2.85. The van der Waals surface area contributed by atoms with Crippen LogP contribution >= 0.6 is 0 Å². The molecule has 1 fully saturated rings. The molecule has 1 atom stereocenters. The van der Waals surface area contributed by atoms with Crippen LogP contribution in [0.1, 0.15) is 0 Å². The first-order valence-corrected chi connectivity index (χ1v) is 5.44. The van der Waals surface area contributed by atoms with Crippen LogP contribution in [-0.4, -0.2) is 37.7 Å². The molecule has 1 heterocycles. The highest BCUT2D eigenvalue weighted by atomic mass is 19.1. The first-order chi connectivity index (χ1) is 8.22. The van der Waals surface area contributed by atoms with Gasteiger partial charge in [0, 0.05) is 25.3 Å². The van der Waals surface area contributed by atoms with Gasteiger partial charge in [-0.3, -0.25) is 9.59 Å². The molecule has 0 spiro atoms. The molecule has 1 unspecified atom stereocenters. The van der Waals surface area contributed by atoms with E-state index in [-0.39, 0.29) is 5.82 Å². The quantitative estimate of drug-likeness (QED) is 0.608. The van der Waals surface area contributed by atoms with Gasteiger partial charge in [0.1, 0.15) is 11.9 Å². The fraction of sp³-hybridized carbons (Fsp3) is 0.333. The Morgan fingerprint density at radius 2 is 2.12 bits per heavy atom. The van der Waals surface area contributed by atoms with Crippen LogP contribution in [0.15, 0.2) is 24.3 Å². The van der Waals surface area contributed by atoms with E-state index in [1.165, 1.54) is 12.1 Å². The van der Waals surface area contributed by atoms with Crippen LogP contribution in [0.5, 0.6) is 0 Å². The summed E-state index contributed by atoms with van der Waals surface area (Å²) in [6, 6.07) is 5.43. The van der Waals surface area contributed by atoms with Gasteiger partial charge in [-0.2, -0.15) is 0 Å². The zero-order chi connectivity index (χ0) is 12.3. The summed E-state index contributed by atoms with van der Waals surface area (Å²) in [6.45, 7) is 1.80. The van der Waals surface area contributed by atoms with E-state index in [0.29, 0.717) is 19.4 Å². The molecule has 0 amide bonds. The molecule has 1 aromatic rings. The molecule has 4 nitrogen and oxygen atoms in total. The van der Waals surface area contributed by atoms with Gasteiger partial charge in [0.2, 0.25) is 5.78 Å². The van der Waals surface area contributed by atoms with Crippen molar-refractivity contribution in [2.45, 2.75) is 6.04 Å². The Morgan fingerprint density at radius 3 is 2.76 bits per heavy atom. The van der Waals surface area contributed by atoms with Crippen molar-refractivity contribution >= 4 is 17.8 Å². The largest absolute Gasteiger partial charge is 0.358 e. The third kappa shape index (κ3) is 2.50. The summed E-state index contributed by atoms with van der Waals surface area (Å²) in [7, 11) is 0. The fourth-order valence-corrected chi connectivity index (χ4v) is 1.98. The number of Topliss-reactive ketones (excluding diaryl/α,β-unsaturated/α-hetero) is 1. The topological polar surface area (TPSA) is 49.4 Å². The van der Waals surface area contributed by atoms with Crippen LogP contribution < -0.4 is 10.2 Å². The molecule has 2 rings (SSSR count). The van der Waals surface area contributed by atoms with Crippen LogP contribution in [0.4, 0.5) is 10.1 Å². The zero-order valence-electron chi connectivity index (χ0n) is 9.23. The van der Waals surface area contributed by atoms with Gasteiger partial charge in [-0.05, 0) is 24.3 Å². The number of piperazine rings is 1. The molecule has 1 aromatic carbocycles. The SMILES string of the molecule is O=CC(=O)C1CNCCN1c1ccc(F)cc1. The lowest BCUT2D eigenvalue weighted by Crippen LogP contribution is -2.55. The van der Waals surface area contributed by atoms with Crippen LogP contribution in [0, 0.1) is 5.82 Å². The van der Waals surface area contributed by atoms with Gasteiger partial charge >= 0.3 is 0 Å². The molecule has 0 aliphatic carbocycles. The maximum atomic E-state index is 12.8. The number of rotatable bonds is 3. The monoisotopic (exact) mass is 236 g/mol. The Balaban J connectivity index is 2.24. The number of halogens is 1. The average molecular weight is 236 g/mol. The van der Waals surface area contributed by atoms with Gasteiger partial charge in [0.25, 0.3) is 0 Å². The maximum Gasteiger partial charge on any atom is 0.218 e. The number of carbonyl (C=O) groups excluding carboxylic acids is 2. The number of nitrogens with one attached hydrogen (secondary N) is 1. The molecule has 0 radical (unpaired) electrons. The van der Waals surface area contributed by atoms with Crippen molar-refractivity contribution < 1.29 is 14.0 Å². The second kappa shape index (κ2) is 5.05. The number of nitrogens with zero attached hydrogens (tertiary/aromatic N) is 1. The predicted octanol–water partition coefficient (Wildman–Crippen LogP) is 0.372. The molecular formula is C12H13FN2O2. The molecule has 0 saturated carbocycles. The first-order valence-electron chi connectivity index (χ1n) is 5.44. The highest BCUT2D eigenvalue weighted by molar-refractivity contribution is 6.28. The summed E-state index contributed by atoms with van der Waals surface area (Å²) in [5, 5.41) is 3.07. The van der Waals surface area contributed by atoms with Gasteiger partial charge in [-0.25, -0.2) is 4.39 Å². The van der Waals surface area contributed by atoms with Crippen molar-refractivity contribution in [2.75, 3.05) is 24.5 Å². The smallest absolute Gasteiger partial charge is 0.218 e. The Labute approximate surface area is 98.4 Å². The van der Waals surface area contributed by atoms with Gasteiger partial charge in [-0.1, -0.05) is 0 Å². The summed E-state index contributed by atoms with van der Waals surface area (Å²) in [4.78, 5) is 23.9. The standard InChI is InChI=1S/C12H13FN2O2/c13-9-1-3-10(4-2-9)15-6-5-14-7-11(15)12(17)8-16/h1-4,8,11,14H,5-7H2. The van der Waals surface area contributed by atoms with Crippen LogP contribution in [-0.2, 0) is 9.59 Å². The number of benzene rings is 1. The van der Waals surface area contributed by atoms with Crippen molar-refractivity contribution in [3.8, 4) is 0 Å².